The van der Waals surface area contributed by atoms with Crippen LogP contribution in [0.2, 0.25) is 0 Å². The summed E-state index contributed by atoms with van der Waals surface area (Å²) in [5, 5.41) is 13.0. The van der Waals surface area contributed by atoms with Crippen LogP contribution in [0.3, 0.4) is 0 Å². The largest absolute Gasteiger partial charge is 0.508 e. The summed E-state index contributed by atoms with van der Waals surface area (Å²) in [5.41, 5.74) is 1.24. The van der Waals surface area contributed by atoms with Crippen LogP contribution in [-0.4, -0.2) is 35.2 Å². The number of nitrogens with zero attached hydrogens (tertiary/aromatic N) is 1. The maximum absolute atomic E-state index is 9.36. The molecule has 0 saturated heterocycles. The fraction of sp³-hybridized carbons (Fsp3) is 0.647. The Morgan fingerprint density at radius 3 is 2.05 bits per heavy atom. The van der Waals surface area contributed by atoms with Gasteiger partial charge in [-0.1, -0.05) is 19.1 Å². The van der Waals surface area contributed by atoms with Crippen molar-refractivity contribution >= 4 is 0 Å². The van der Waals surface area contributed by atoms with E-state index < -0.39 is 0 Å². The molecule has 0 aliphatic rings. The third kappa shape index (κ3) is 5.14. The quantitative estimate of drug-likeness (QED) is 0.763. The minimum Gasteiger partial charge on any atom is -0.508 e. The summed E-state index contributed by atoms with van der Waals surface area (Å²) < 4.78 is 0. The molecule has 0 heterocycles. The van der Waals surface area contributed by atoms with E-state index in [2.05, 4.69) is 44.8 Å². The van der Waals surface area contributed by atoms with Gasteiger partial charge in [-0.15, -0.1) is 0 Å². The molecule has 0 bridgehead atoms. The Morgan fingerprint density at radius 2 is 1.60 bits per heavy atom. The standard InChI is InChI=1S/C17H30N2O/c1-6-17(15-7-9-16(20)10-8-15)18-11-12-19(13(2)3)14(4)5/h7-10,13-14,17-18,20H,6,11-12H2,1-5H3. The normalized spacial score (nSPS) is 13.4. The number of phenolic OH excluding ortho intramolecular Hbond substituents is 1. The average Bonchev–Trinajstić information content (AvgIpc) is 2.39. The highest BCUT2D eigenvalue weighted by molar-refractivity contribution is 5.27. The molecule has 0 radical (unpaired) electrons. The van der Waals surface area contributed by atoms with Gasteiger partial charge in [0.1, 0.15) is 5.75 Å². The van der Waals surface area contributed by atoms with Gasteiger partial charge in [-0.25, -0.2) is 0 Å². The SMILES string of the molecule is CCC(NCCN(C(C)C)C(C)C)c1ccc(O)cc1. The lowest BCUT2D eigenvalue weighted by Crippen LogP contribution is -2.42. The van der Waals surface area contributed by atoms with Gasteiger partial charge in [0.05, 0.1) is 0 Å². The van der Waals surface area contributed by atoms with E-state index in [1.54, 1.807) is 12.1 Å². The number of hydrogen-bond donors (Lipinski definition) is 2. The van der Waals surface area contributed by atoms with E-state index in [4.69, 9.17) is 0 Å². The predicted molar refractivity (Wildman–Crippen MR) is 86.1 cm³/mol. The van der Waals surface area contributed by atoms with Gasteiger partial charge >= 0.3 is 0 Å². The molecule has 0 spiro atoms. The van der Waals surface area contributed by atoms with E-state index in [1.807, 2.05) is 12.1 Å². The van der Waals surface area contributed by atoms with Crippen LogP contribution in [0.15, 0.2) is 24.3 Å². The van der Waals surface area contributed by atoms with Crippen molar-refractivity contribution < 1.29 is 5.11 Å². The number of hydrogen-bond acceptors (Lipinski definition) is 3. The van der Waals surface area contributed by atoms with E-state index in [1.165, 1.54) is 5.56 Å². The molecule has 0 aliphatic heterocycles. The fourth-order valence-electron chi connectivity index (χ4n) is 2.69. The third-order valence-corrected chi connectivity index (χ3v) is 3.79. The van der Waals surface area contributed by atoms with Gasteiger partial charge in [0.15, 0.2) is 0 Å². The van der Waals surface area contributed by atoms with E-state index in [9.17, 15) is 5.11 Å². The molecule has 20 heavy (non-hydrogen) atoms. The van der Waals surface area contributed by atoms with Gasteiger partial charge in [-0.3, -0.25) is 4.90 Å². The van der Waals surface area contributed by atoms with Crippen LogP contribution in [-0.2, 0) is 0 Å². The van der Waals surface area contributed by atoms with Crippen LogP contribution in [0.25, 0.3) is 0 Å². The molecule has 3 nitrogen and oxygen atoms in total. The lowest BCUT2D eigenvalue weighted by molar-refractivity contribution is 0.173. The summed E-state index contributed by atoms with van der Waals surface area (Å²) in [6.45, 7) is 13.2. The van der Waals surface area contributed by atoms with Crippen molar-refractivity contribution in [3.63, 3.8) is 0 Å². The van der Waals surface area contributed by atoms with Crippen LogP contribution in [0, 0.1) is 0 Å². The number of rotatable bonds is 8. The summed E-state index contributed by atoms with van der Waals surface area (Å²) in [4.78, 5) is 2.50. The minimum absolute atomic E-state index is 0.328. The summed E-state index contributed by atoms with van der Waals surface area (Å²) in [7, 11) is 0. The topological polar surface area (TPSA) is 35.5 Å². The third-order valence-electron chi connectivity index (χ3n) is 3.79. The van der Waals surface area contributed by atoms with E-state index in [0.717, 1.165) is 19.5 Å². The zero-order valence-electron chi connectivity index (χ0n) is 13.6. The Kier molecular flexibility index (Phi) is 7.03. The Morgan fingerprint density at radius 1 is 1.05 bits per heavy atom. The highest BCUT2D eigenvalue weighted by atomic mass is 16.3. The van der Waals surface area contributed by atoms with Crippen LogP contribution in [0.4, 0.5) is 0 Å². The zero-order chi connectivity index (χ0) is 15.1. The molecule has 0 fully saturated rings. The van der Waals surface area contributed by atoms with Crippen molar-refractivity contribution in [3.8, 4) is 5.75 Å². The number of aromatic hydroxyl groups is 1. The summed E-state index contributed by atoms with van der Waals surface area (Å²) >= 11 is 0. The molecule has 2 N–H and O–H groups in total. The molecular formula is C17H30N2O. The van der Waals surface area contributed by atoms with Crippen LogP contribution in [0.5, 0.6) is 5.75 Å². The molecule has 1 aromatic carbocycles. The van der Waals surface area contributed by atoms with Crippen molar-refractivity contribution in [2.75, 3.05) is 13.1 Å². The molecule has 1 unspecified atom stereocenters. The molecule has 1 rings (SSSR count). The van der Waals surface area contributed by atoms with Gasteiger partial charge in [0.25, 0.3) is 0 Å². The van der Waals surface area contributed by atoms with Crippen molar-refractivity contribution in [1.29, 1.82) is 0 Å². The van der Waals surface area contributed by atoms with Crippen molar-refractivity contribution in [2.45, 2.75) is 59.2 Å². The maximum atomic E-state index is 9.36. The molecule has 1 atom stereocenters. The summed E-state index contributed by atoms with van der Waals surface area (Å²) in [6.07, 6.45) is 1.05. The minimum atomic E-state index is 0.328. The molecule has 0 amide bonds. The molecule has 114 valence electrons. The summed E-state index contributed by atoms with van der Waals surface area (Å²) in [5.74, 6) is 0.328. The number of nitrogens with one attached hydrogen (secondary N) is 1. The Bertz CT molecular complexity index is 365. The second-order valence-electron chi connectivity index (χ2n) is 5.93. The van der Waals surface area contributed by atoms with Gasteiger partial charge < -0.3 is 10.4 Å². The zero-order valence-corrected chi connectivity index (χ0v) is 13.6. The molecule has 1 aromatic rings. The Hall–Kier alpha value is -1.06. The van der Waals surface area contributed by atoms with Gasteiger partial charge in [-0.05, 0) is 51.8 Å². The van der Waals surface area contributed by atoms with Crippen LogP contribution in [0.1, 0.15) is 52.6 Å². The first kappa shape index (κ1) is 17.0. The second-order valence-corrected chi connectivity index (χ2v) is 5.93. The van der Waals surface area contributed by atoms with Crippen LogP contribution >= 0.6 is 0 Å². The molecule has 0 aromatic heterocycles. The Balaban J connectivity index is 2.51. The van der Waals surface area contributed by atoms with E-state index in [-0.39, 0.29) is 0 Å². The van der Waals surface area contributed by atoms with Crippen molar-refractivity contribution in [1.82, 2.24) is 10.2 Å². The van der Waals surface area contributed by atoms with Crippen molar-refractivity contribution in [3.05, 3.63) is 29.8 Å². The van der Waals surface area contributed by atoms with E-state index in [0.29, 0.717) is 23.9 Å². The lowest BCUT2D eigenvalue weighted by Gasteiger charge is -2.31. The number of phenols is 1. The number of benzene rings is 1. The average molecular weight is 278 g/mol. The first-order valence-corrected chi connectivity index (χ1v) is 7.73. The highest BCUT2D eigenvalue weighted by Gasteiger charge is 2.14. The molecule has 0 aliphatic carbocycles. The van der Waals surface area contributed by atoms with Gasteiger partial charge in [0.2, 0.25) is 0 Å². The van der Waals surface area contributed by atoms with Gasteiger partial charge in [-0.2, -0.15) is 0 Å². The smallest absolute Gasteiger partial charge is 0.115 e. The highest BCUT2D eigenvalue weighted by Crippen LogP contribution is 2.19. The van der Waals surface area contributed by atoms with E-state index >= 15 is 0 Å². The predicted octanol–water partition coefficient (Wildman–Crippen LogP) is 3.55. The Labute approximate surface area is 124 Å². The maximum Gasteiger partial charge on any atom is 0.115 e. The summed E-state index contributed by atoms with van der Waals surface area (Å²) in [6, 6.07) is 9.02. The van der Waals surface area contributed by atoms with Crippen LogP contribution < -0.4 is 5.32 Å². The first-order valence-electron chi connectivity index (χ1n) is 7.73. The van der Waals surface area contributed by atoms with Gasteiger partial charge in [0, 0.05) is 31.2 Å². The first-order chi connectivity index (χ1) is 9.45. The lowest BCUT2D eigenvalue weighted by atomic mass is 10.0. The molecular weight excluding hydrogens is 248 g/mol. The molecule has 3 heteroatoms. The fourth-order valence-corrected chi connectivity index (χ4v) is 2.69. The molecule has 0 saturated carbocycles. The van der Waals surface area contributed by atoms with Crippen molar-refractivity contribution in [2.24, 2.45) is 0 Å². The second kappa shape index (κ2) is 8.28. The monoisotopic (exact) mass is 278 g/mol.